The van der Waals surface area contributed by atoms with Crippen molar-refractivity contribution < 1.29 is 8.94 Å². The monoisotopic (exact) mass is 339 g/mol. The van der Waals surface area contributed by atoms with E-state index in [1.807, 2.05) is 24.3 Å². The summed E-state index contributed by atoms with van der Waals surface area (Å²) in [6.07, 6.45) is 3.61. The highest BCUT2D eigenvalue weighted by molar-refractivity contribution is 6.30. The third-order valence-electron chi connectivity index (χ3n) is 3.25. The Kier molecular flexibility index (Phi) is 3.76. The number of halogens is 1. The van der Waals surface area contributed by atoms with E-state index in [4.69, 9.17) is 20.5 Å². The van der Waals surface area contributed by atoms with Crippen LogP contribution in [0.4, 0.5) is 0 Å². The SMILES string of the molecule is Clc1ccc(-c2nnc(Cc3nc(-c4cccnc4)no3)o2)cc1. The average molecular weight is 340 g/mol. The molecule has 0 unspecified atom stereocenters. The van der Waals surface area contributed by atoms with E-state index in [-0.39, 0.29) is 6.42 Å². The van der Waals surface area contributed by atoms with E-state index in [2.05, 4.69) is 25.3 Å². The maximum absolute atomic E-state index is 5.87. The van der Waals surface area contributed by atoms with Crippen LogP contribution in [0.25, 0.3) is 22.8 Å². The van der Waals surface area contributed by atoms with Gasteiger partial charge in [-0.2, -0.15) is 4.98 Å². The van der Waals surface area contributed by atoms with Crippen molar-refractivity contribution in [2.75, 3.05) is 0 Å². The molecule has 1 aromatic carbocycles. The maximum atomic E-state index is 5.87. The van der Waals surface area contributed by atoms with E-state index in [0.717, 1.165) is 11.1 Å². The quantitative estimate of drug-likeness (QED) is 0.562. The summed E-state index contributed by atoms with van der Waals surface area (Å²) in [6.45, 7) is 0. The van der Waals surface area contributed by atoms with Gasteiger partial charge >= 0.3 is 0 Å². The lowest BCUT2D eigenvalue weighted by Crippen LogP contribution is -1.89. The van der Waals surface area contributed by atoms with E-state index < -0.39 is 0 Å². The van der Waals surface area contributed by atoms with Crippen molar-refractivity contribution in [3.05, 3.63) is 65.6 Å². The summed E-state index contributed by atoms with van der Waals surface area (Å²) in [5.41, 5.74) is 1.57. The van der Waals surface area contributed by atoms with Crippen molar-refractivity contribution >= 4 is 11.6 Å². The van der Waals surface area contributed by atoms with Crippen LogP contribution in [0.15, 0.2) is 57.7 Å². The van der Waals surface area contributed by atoms with Crippen molar-refractivity contribution in [3.8, 4) is 22.8 Å². The van der Waals surface area contributed by atoms with Crippen molar-refractivity contribution in [2.24, 2.45) is 0 Å². The van der Waals surface area contributed by atoms with Gasteiger partial charge in [0.2, 0.25) is 23.5 Å². The Morgan fingerprint density at radius 2 is 1.83 bits per heavy atom. The first kappa shape index (κ1) is 14.5. The molecule has 7 nitrogen and oxygen atoms in total. The molecule has 3 heterocycles. The summed E-state index contributed by atoms with van der Waals surface area (Å²) >= 11 is 5.87. The Balaban J connectivity index is 1.52. The zero-order valence-corrected chi connectivity index (χ0v) is 13.0. The standard InChI is InChI=1S/C16H10ClN5O2/c17-12-5-3-10(4-6-12)16-21-20-14(23-16)8-13-19-15(22-24-13)11-2-1-7-18-9-11/h1-7,9H,8H2. The zero-order chi connectivity index (χ0) is 16.4. The molecule has 0 bridgehead atoms. The molecule has 0 fully saturated rings. The molecule has 0 aliphatic carbocycles. The van der Waals surface area contributed by atoms with Crippen molar-refractivity contribution in [1.82, 2.24) is 25.3 Å². The van der Waals surface area contributed by atoms with Crippen LogP contribution in [-0.2, 0) is 6.42 Å². The van der Waals surface area contributed by atoms with Gasteiger partial charge in [0, 0.05) is 28.5 Å². The number of benzene rings is 1. The van der Waals surface area contributed by atoms with E-state index in [0.29, 0.717) is 28.5 Å². The maximum Gasteiger partial charge on any atom is 0.247 e. The second kappa shape index (κ2) is 6.21. The van der Waals surface area contributed by atoms with Gasteiger partial charge in [-0.25, -0.2) is 0 Å². The van der Waals surface area contributed by atoms with Crippen LogP contribution >= 0.6 is 11.6 Å². The van der Waals surface area contributed by atoms with E-state index in [1.54, 1.807) is 24.5 Å². The summed E-state index contributed by atoms with van der Waals surface area (Å²) in [7, 11) is 0. The summed E-state index contributed by atoms with van der Waals surface area (Å²) in [5, 5.41) is 12.6. The molecule has 118 valence electrons. The van der Waals surface area contributed by atoms with Crippen LogP contribution in [0.1, 0.15) is 11.8 Å². The fourth-order valence-corrected chi connectivity index (χ4v) is 2.23. The third kappa shape index (κ3) is 3.02. The summed E-state index contributed by atoms with van der Waals surface area (Å²) in [4.78, 5) is 8.33. The first-order chi connectivity index (χ1) is 11.8. The van der Waals surface area contributed by atoms with Crippen molar-refractivity contribution in [3.63, 3.8) is 0 Å². The van der Waals surface area contributed by atoms with Crippen LogP contribution < -0.4 is 0 Å². The summed E-state index contributed by atoms with van der Waals surface area (Å²) in [5.74, 6) is 1.66. The fourth-order valence-electron chi connectivity index (χ4n) is 2.10. The normalized spacial score (nSPS) is 10.9. The molecule has 0 aliphatic rings. The molecule has 0 saturated carbocycles. The number of hydrogen-bond donors (Lipinski definition) is 0. The number of rotatable bonds is 4. The van der Waals surface area contributed by atoms with Gasteiger partial charge in [-0.1, -0.05) is 16.8 Å². The Labute approximate surface area is 141 Å². The first-order valence-corrected chi connectivity index (χ1v) is 7.47. The van der Waals surface area contributed by atoms with Crippen LogP contribution in [0, 0.1) is 0 Å². The molecule has 0 N–H and O–H groups in total. The lowest BCUT2D eigenvalue weighted by Gasteiger charge is -1.94. The minimum absolute atomic E-state index is 0.258. The Hall–Kier alpha value is -3.06. The number of pyridine rings is 1. The van der Waals surface area contributed by atoms with E-state index in [1.165, 1.54) is 0 Å². The van der Waals surface area contributed by atoms with Crippen LogP contribution in [-0.4, -0.2) is 25.3 Å². The lowest BCUT2D eigenvalue weighted by molar-refractivity contribution is 0.374. The minimum atomic E-state index is 0.258. The van der Waals surface area contributed by atoms with Crippen LogP contribution in [0.3, 0.4) is 0 Å². The smallest absolute Gasteiger partial charge is 0.247 e. The van der Waals surface area contributed by atoms with E-state index in [9.17, 15) is 0 Å². The molecular weight excluding hydrogens is 330 g/mol. The minimum Gasteiger partial charge on any atom is -0.420 e. The summed E-state index contributed by atoms with van der Waals surface area (Å²) in [6, 6.07) is 10.8. The van der Waals surface area contributed by atoms with Crippen molar-refractivity contribution in [1.29, 1.82) is 0 Å². The molecule has 0 spiro atoms. The van der Waals surface area contributed by atoms with E-state index >= 15 is 0 Å². The van der Waals surface area contributed by atoms with Gasteiger partial charge in [0.15, 0.2) is 0 Å². The average Bonchev–Trinajstić information content (AvgIpc) is 3.27. The molecule has 0 aliphatic heterocycles. The largest absolute Gasteiger partial charge is 0.420 e. The second-order valence-electron chi connectivity index (χ2n) is 4.94. The lowest BCUT2D eigenvalue weighted by atomic mass is 10.2. The zero-order valence-electron chi connectivity index (χ0n) is 12.3. The molecule has 8 heteroatoms. The highest BCUT2D eigenvalue weighted by atomic mass is 35.5. The predicted octanol–water partition coefficient (Wildman–Crippen LogP) is 3.43. The number of aromatic nitrogens is 5. The molecule has 4 aromatic rings. The van der Waals surface area contributed by atoms with Gasteiger partial charge < -0.3 is 8.94 Å². The van der Waals surface area contributed by atoms with Gasteiger partial charge in [-0.15, -0.1) is 10.2 Å². The van der Waals surface area contributed by atoms with Crippen LogP contribution in [0.5, 0.6) is 0 Å². The topological polar surface area (TPSA) is 90.7 Å². The Morgan fingerprint density at radius 3 is 2.62 bits per heavy atom. The molecule has 0 amide bonds. The molecule has 3 aromatic heterocycles. The van der Waals surface area contributed by atoms with Gasteiger partial charge in [0.25, 0.3) is 0 Å². The van der Waals surface area contributed by atoms with Crippen molar-refractivity contribution in [2.45, 2.75) is 6.42 Å². The van der Waals surface area contributed by atoms with Gasteiger partial charge in [-0.3, -0.25) is 4.98 Å². The fraction of sp³-hybridized carbons (Fsp3) is 0.0625. The molecule has 0 radical (unpaired) electrons. The highest BCUT2D eigenvalue weighted by Gasteiger charge is 2.14. The molecule has 4 rings (SSSR count). The Bertz CT molecular complexity index is 950. The third-order valence-corrected chi connectivity index (χ3v) is 3.50. The molecule has 0 saturated heterocycles. The summed E-state index contributed by atoms with van der Waals surface area (Å²) < 4.78 is 10.8. The molecule has 0 atom stereocenters. The number of nitrogens with zero attached hydrogens (tertiary/aromatic N) is 5. The van der Waals surface area contributed by atoms with Gasteiger partial charge in [-0.05, 0) is 36.4 Å². The predicted molar refractivity (Wildman–Crippen MR) is 85.1 cm³/mol. The molecular formula is C16H10ClN5O2. The number of hydrogen-bond acceptors (Lipinski definition) is 7. The van der Waals surface area contributed by atoms with Gasteiger partial charge in [0.1, 0.15) is 6.42 Å². The van der Waals surface area contributed by atoms with Gasteiger partial charge in [0.05, 0.1) is 0 Å². The Morgan fingerprint density at radius 1 is 0.958 bits per heavy atom. The second-order valence-corrected chi connectivity index (χ2v) is 5.37. The highest BCUT2D eigenvalue weighted by Crippen LogP contribution is 2.21. The first-order valence-electron chi connectivity index (χ1n) is 7.09. The molecule has 24 heavy (non-hydrogen) atoms. The van der Waals surface area contributed by atoms with Crippen LogP contribution in [0.2, 0.25) is 5.02 Å².